The second-order valence-corrected chi connectivity index (χ2v) is 13.2. The largest absolute Gasteiger partial charge is 0.355 e. The van der Waals surface area contributed by atoms with Crippen LogP contribution in [-0.2, 0) is 26.0 Å². The van der Waals surface area contributed by atoms with Gasteiger partial charge in [0.2, 0.25) is 11.8 Å². The number of aromatic nitrogens is 1. The number of sulfone groups is 1. The minimum atomic E-state index is -3.34. The van der Waals surface area contributed by atoms with Crippen molar-refractivity contribution in [1.82, 2.24) is 15.2 Å². The molecule has 3 aliphatic rings. The Morgan fingerprint density at radius 3 is 2.46 bits per heavy atom. The fourth-order valence-corrected chi connectivity index (χ4v) is 7.45. The Morgan fingerprint density at radius 1 is 1.13 bits per heavy atom. The third-order valence-corrected chi connectivity index (χ3v) is 9.65. The molecule has 0 aromatic carbocycles. The number of ketones is 1. The van der Waals surface area contributed by atoms with Gasteiger partial charge in [0.25, 0.3) is 0 Å². The Kier molecular flexibility index (Phi) is 9.59. The zero-order valence-corrected chi connectivity index (χ0v) is 23.6. The van der Waals surface area contributed by atoms with Gasteiger partial charge in [0.1, 0.15) is 17.8 Å². The molecule has 4 rings (SSSR count). The van der Waals surface area contributed by atoms with Crippen LogP contribution in [0.25, 0.3) is 0 Å². The molecular weight excluding hydrogens is 518 g/mol. The molecule has 2 amide bonds. The molecule has 0 atom stereocenters. The Bertz CT molecular complexity index is 1230. The van der Waals surface area contributed by atoms with Crippen molar-refractivity contribution in [2.24, 2.45) is 11.8 Å². The Balaban J connectivity index is 1.42. The Morgan fingerprint density at radius 2 is 1.85 bits per heavy atom. The van der Waals surface area contributed by atoms with Gasteiger partial charge in [-0.05, 0) is 50.5 Å². The fourth-order valence-electron chi connectivity index (χ4n) is 5.91. The fraction of sp³-hybridized carbons (Fsp3) is 0.679. The summed E-state index contributed by atoms with van der Waals surface area (Å²) in [5, 5.41) is 12.5. The predicted molar refractivity (Wildman–Crippen MR) is 147 cm³/mol. The number of nitriles is 1. The molecule has 0 unspecified atom stereocenters. The lowest BCUT2D eigenvalue weighted by Gasteiger charge is -2.33. The maximum Gasteiger partial charge on any atom is 0.224 e. The van der Waals surface area contributed by atoms with Gasteiger partial charge in [-0.3, -0.25) is 14.4 Å². The summed E-state index contributed by atoms with van der Waals surface area (Å²) in [5.74, 6) is -0.154. The van der Waals surface area contributed by atoms with Crippen molar-refractivity contribution in [3.8, 4) is 6.07 Å². The summed E-state index contributed by atoms with van der Waals surface area (Å²) < 4.78 is 24.9. The zero-order chi connectivity index (χ0) is 28.0. The summed E-state index contributed by atoms with van der Waals surface area (Å²) in [7, 11) is -3.34. The number of carbonyl (C=O) groups excluding carboxylic acids is 3. The first kappa shape index (κ1) is 29.0. The summed E-state index contributed by atoms with van der Waals surface area (Å²) in [6.45, 7) is 3.71. The van der Waals surface area contributed by atoms with Gasteiger partial charge in [-0.1, -0.05) is 19.8 Å². The average Bonchev–Trinajstić information content (AvgIpc) is 3.58. The number of hydrogen-bond donors (Lipinski definition) is 1. The lowest BCUT2D eigenvalue weighted by molar-refractivity contribution is -0.128. The lowest BCUT2D eigenvalue weighted by Crippen LogP contribution is -2.43. The highest BCUT2D eigenvalue weighted by atomic mass is 32.2. The average molecular weight is 558 g/mol. The molecule has 0 spiro atoms. The molecule has 39 heavy (non-hydrogen) atoms. The van der Waals surface area contributed by atoms with Crippen LogP contribution < -0.4 is 10.2 Å². The van der Waals surface area contributed by atoms with E-state index >= 15 is 0 Å². The molecule has 2 saturated heterocycles. The molecule has 1 aliphatic carbocycles. The van der Waals surface area contributed by atoms with E-state index < -0.39 is 9.84 Å². The molecular formula is C28H39N5O5S. The minimum absolute atomic E-state index is 0.0358. The van der Waals surface area contributed by atoms with Gasteiger partial charge in [-0.15, -0.1) is 0 Å². The molecule has 0 radical (unpaired) electrons. The molecule has 3 fully saturated rings. The van der Waals surface area contributed by atoms with Gasteiger partial charge in [-0.25, -0.2) is 13.4 Å². The maximum absolute atomic E-state index is 12.9. The monoisotopic (exact) mass is 557 g/mol. The van der Waals surface area contributed by atoms with E-state index in [1.807, 2.05) is 11.8 Å². The van der Waals surface area contributed by atoms with Crippen LogP contribution in [0.15, 0.2) is 6.07 Å². The van der Waals surface area contributed by atoms with Crippen LogP contribution in [0.1, 0.15) is 92.7 Å². The third-order valence-electron chi connectivity index (χ3n) is 8.09. The lowest BCUT2D eigenvalue weighted by atomic mass is 9.95. The number of anilines is 1. The molecule has 11 heteroatoms. The van der Waals surface area contributed by atoms with Crippen molar-refractivity contribution in [2.45, 2.75) is 77.7 Å². The number of nitrogens with zero attached hydrogens (tertiary/aromatic N) is 4. The number of amides is 2. The summed E-state index contributed by atoms with van der Waals surface area (Å²) in [6, 6.07) is 3.78. The van der Waals surface area contributed by atoms with E-state index in [1.165, 1.54) is 0 Å². The summed E-state index contributed by atoms with van der Waals surface area (Å²) >= 11 is 0. The third kappa shape index (κ3) is 7.35. The zero-order valence-electron chi connectivity index (χ0n) is 22.8. The van der Waals surface area contributed by atoms with Crippen molar-refractivity contribution in [1.29, 1.82) is 5.26 Å². The van der Waals surface area contributed by atoms with E-state index in [0.717, 1.165) is 32.1 Å². The van der Waals surface area contributed by atoms with Gasteiger partial charge in [-0.2, -0.15) is 5.26 Å². The molecule has 1 aromatic rings. The second-order valence-electron chi connectivity index (χ2n) is 11.1. The highest BCUT2D eigenvalue weighted by Gasteiger charge is 2.30. The molecule has 1 saturated carbocycles. The van der Waals surface area contributed by atoms with Gasteiger partial charge in [0.15, 0.2) is 15.6 Å². The van der Waals surface area contributed by atoms with E-state index in [4.69, 9.17) is 4.98 Å². The van der Waals surface area contributed by atoms with Gasteiger partial charge in [0.05, 0.1) is 23.6 Å². The quantitative estimate of drug-likeness (QED) is 0.410. The minimum Gasteiger partial charge on any atom is -0.355 e. The van der Waals surface area contributed by atoms with Crippen LogP contribution in [0.3, 0.4) is 0 Å². The van der Waals surface area contributed by atoms with Gasteiger partial charge < -0.3 is 15.1 Å². The SMILES string of the molecule is CCCC(=O)c1cc(C#N)c(N2CCC(C(=O)NCS(=O)(=O)CC3CCCC3)CC2)nc1CN1CCCC1=O. The van der Waals surface area contributed by atoms with Crippen LogP contribution in [0, 0.1) is 23.2 Å². The molecule has 1 N–H and O–H groups in total. The first-order chi connectivity index (χ1) is 18.7. The van der Waals surface area contributed by atoms with Crippen molar-refractivity contribution in [2.75, 3.05) is 36.2 Å². The first-order valence-electron chi connectivity index (χ1n) is 14.2. The number of piperidine rings is 1. The number of pyridine rings is 1. The predicted octanol–water partition coefficient (Wildman–Crippen LogP) is 2.95. The molecule has 3 heterocycles. The number of rotatable bonds is 11. The van der Waals surface area contributed by atoms with Crippen molar-refractivity contribution < 1.29 is 22.8 Å². The first-order valence-corrected chi connectivity index (χ1v) is 16.0. The smallest absolute Gasteiger partial charge is 0.224 e. The van der Waals surface area contributed by atoms with Crippen molar-refractivity contribution in [3.05, 3.63) is 22.9 Å². The Hall–Kier alpha value is -3.00. The highest BCUT2D eigenvalue weighted by Crippen LogP contribution is 2.29. The summed E-state index contributed by atoms with van der Waals surface area (Å²) in [5.41, 5.74) is 1.20. The van der Waals surface area contributed by atoms with Gasteiger partial charge >= 0.3 is 0 Å². The van der Waals surface area contributed by atoms with Crippen molar-refractivity contribution >= 4 is 33.3 Å². The number of likely N-dealkylation sites (tertiary alicyclic amines) is 1. The second kappa shape index (κ2) is 12.9. The van der Waals surface area contributed by atoms with Crippen LogP contribution >= 0.6 is 0 Å². The van der Waals surface area contributed by atoms with E-state index in [0.29, 0.717) is 74.4 Å². The van der Waals surface area contributed by atoms with Crippen LogP contribution in [0.5, 0.6) is 0 Å². The van der Waals surface area contributed by atoms with Crippen LogP contribution in [0.2, 0.25) is 0 Å². The molecule has 10 nitrogen and oxygen atoms in total. The number of hydrogen-bond acceptors (Lipinski definition) is 8. The molecule has 0 bridgehead atoms. The number of Topliss-reactive ketones (excluding diaryl/α,β-unsaturated/α-hetero) is 1. The Labute approximate surface area is 231 Å². The highest BCUT2D eigenvalue weighted by molar-refractivity contribution is 7.91. The molecule has 2 aliphatic heterocycles. The van der Waals surface area contributed by atoms with E-state index in [2.05, 4.69) is 11.4 Å². The maximum atomic E-state index is 12.9. The van der Waals surface area contributed by atoms with Gasteiger partial charge in [0, 0.05) is 44.0 Å². The molecule has 1 aromatic heterocycles. The van der Waals surface area contributed by atoms with E-state index in [1.54, 1.807) is 11.0 Å². The van der Waals surface area contributed by atoms with Crippen LogP contribution in [-0.4, -0.2) is 67.2 Å². The summed E-state index contributed by atoms with van der Waals surface area (Å²) in [6.07, 6.45) is 7.28. The standard InChI is InChI=1S/C28H39N5O5S/c1-2-6-25(34)23-15-22(16-29)27(31-24(23)17-33-12-5-9-26(33)35)32-13-10-21(11-14-32)28(36)30-19-39(37,38)18-20-7-3-4-8-20/h15,20-21H,2-14,17-19H2,1H3,(H,30,36). The van der Waals surface area contributed by atoms with Crippen LogP contribution in [0.4, 0.5) is 5.82 Å². The van der Waals surface area contributed by atoms with E-state index in [9.17, 15) is 28.1 Å². The molecule has 212 valence electrons. The summed E-state index contributed by atoms with van der Waals surface area (Å²) in [4.78, 5) is 46.3. The number of carbonyl (C=O) groups is 3. The number of nitrogens with one attached hydrogen (secondary N) is 1. The van der Waals surface area contributed by atoms with E-state index in [-0.39, 0.29) is 47.6 Å². The van der Waals surface area contributed by atoms with Crippen molar-refractivity contribution in [3.63, 3.8) is 0 Å². The topological polar surface area (TPSA) is 141 Å². The normalized spacial score (nSPS) is 18.9.